The predicted molar refractivity (Wildman–Crippen MR) is 64.3 cm³/mol. The zero-order valence-electron chi connectivity index (χ0n) is 9.63. The Bertz CT molecular complexity index is 514. The SMILES string of the molecule is Cc1ccc(-n2cc(CCC(=O)O)cn2)cc1. The van der Waals surface area contributed by atoms with Crippen LogP contribution in [0.15, 0.2) is 36.7 Å². The molecule has 2 aromatic rings. The van der Waals surface area contributed by atoms with Crippen LogP contribution in [0.2, 0.25) is 0 Å². The van der Waals surface area contributed by atoms with E-state index in [9.17, 15) is 4.79 Å². The topological polar surface area (TPSA) is 55.1 Å². The summed E-state index contributed by atoms with van der Waals surface area (Å²) in [7, 11) is 0. The van der Waals surface area contributed by atoms with E-state index in [1.54, 1.807) is 10.9 Å². The Hall–Kier alpha value is -2.10. The molecule has 0 aliphatic heterocycles. The van der Waals surface area contributed by atoms with E-state index in [0.29, 0.717) is 6.42 Å². The lowest BCUT2D eigenvalue weighted by molar-refractivity contribution is -0.136. The van der Waals surface area contributed by atoms with Crippen LogP contribution in [-0.4, -0.2) is 20.9 Å². The monoisotopic (exact) mass is 230 g/mol. The number of hydrogen-bond acceptors (Lipinski definition) is 2. The van der Waals surface area contributed by atoms with Gasteiger partial charge in [0, 0.05) is 12.6 Å². The number of benzene rings is 1. The van der Waals surface area contributed by atoms with Gasteiger partial charge >= 0.3 is 5.97 Å². The van der Waals surface area contributed by atoms with Crippen LogP contribution in [0.25, 0.3) is 5.69 Å². The molecule has 0 unspecified atom stereocenters. The number of carbonyl (C=O) groups is 1. The summed E-state index contributed by atoms with van der Waals surface area (Å²) >= 11 is 0. The Labute approximate surface area is 99.5 Å². The van der Waals surface area contributed by atoms with Gasteiger partial charge in [0.2, 0.25) is 0 Å². The fourth-order valence-corrected chi connectivity index (χ4v) is 1.58. The average Bonchev–Trinajstić information content (AvgIpc) is 2.76. The minimum absolute atomic E-state index is 0.138. The van der Waals surface area contributed by atoms with Crippen LogP contribution in [0, 0.1) is 6.92 Å². The van der Waals surface area contributed by atoms with Crippen molar-refractivity contribution in [2.24, 2.45) is 0 Å². The number of rotatable bonds is 4. The van der Waals surface area contributed by atoms with Crippen molar-refractivity contribution in [3.8, 4) is 5.69 Å². The molecule has 1 aromatic carbocycles. The van der Waals surface area contributed by atoms with Gasteiger partial charge in [-0.3, -0.25) is 4.79 Å². The van der Waals surface area contributed by atoms with Crippen molar-refractivity contribution in [1.82, 2.24) is 9.78 Å². The summed E-state index contributed by atoms with van der Waals surface area (Å²) in [4.78, 5) is 10.5. The maximum atomic E-state index is 10.5. The van der Waals surface area contributed by atoms with Crippen molar-refractivity contribution in [2.45, 2.75) is 19.8 Å². The van der Waals surface area contributed by atoms with Crippen molar-refractivity contribution in [3.63, 3.8) is 0 Å². The van der Waals surface area contributed by atoms with Gasteiger partial charge in [0.1, 0.15) is 0 Å². The molecule has 0 radical (unpaired) electrons. The minimum atomic E-state index is -0.784. The molecule has 0 aliphatic rings. The Morgan fingerprint density at radius 1 is 1.35 bits per heavy atom. The number of carboxylic acids is 1. The molecule has 88 valence electrons. The summed E-state index contributed by atoms with van der Waals surface area (Å²) in [6.45, 7) is 2.03. The zero-order chi connectivity index (χ0) is 12.3. The molecule has 1 aromatic heterocycles. The van der Waals surface area contributed by atoms with E-state index in [2.05, 4.69) is 5.10 Å². The number of nitrogens with zero attached hydrogens (tertiary/aromatic N) is 2. The van der Waals surface area contributed by atoms with Gasteiger partial charge in [-0.05, 0) is 31.0 Å². The van der Waals surface area contributed by atoms with E-state index in [1.165, 1.54) is 5.56 Å². The molecule has 2 rings (SSSR count). The minimum Gasteiger partial charge on any atom is -0.481 e. The molecule has 0 aliphatic carbocycles. The summed E-state index contributed by atoms with van der Waals surface area (Å²) in [6.07, 6.45) is 4.23. The van der Waals surface area contributed by atoms with E-state index < -0.39 is 5.97 Å². The van der Waals surface area contributed by atoms with E-state index >= 15 is 0 Å². The molecule has 4 heteroatoms. The molecule has 0 saturated heterocycles. The largest absolute Gasteiger partial charge is 0.481 e. The van der Waals surface area contributed by atoms with Gasteiger partial charge in [-0.25, -0.2) is 4.68 Å². The van der Waals surface area contributed by atoms with E-state index in [4.69, 9.17) is 5.11 Å². The molecule has 0 atom stereocenters. The van der Waals surface area contributed by atoms with Gasteiger partial charge in [0.25, 0.3) is 0 Å². The van der Waals surface area contributed by atoms with E-state index in [1.807, 2.05) is 37.4 Å². The van der Waals surface area contributed by atoms with Crippen molar-refractivity contribution < 1.29 is 9.90 Å². The molecule has 0 spiro atoms. The highest BCUT2D eigenvalue weighted by Gasteiger charge is 2.03. The third kappa shape index (κ3) is 2.93. The van der Waals surface area contributed by atoms with Gasteiger partial charge in [-0.1, -0.05) is 17.7 Å². The number of aromatic nitrogens is 2. The van der Waals surface area contributed by atoms with Gasteiger partial charge in [-0.15, -0.1) is 0 Å². The lowest BCUT2D eigenvalue weighted by Crippen LogP contribution is -1.97. The number of hydrogen-bond donors (Lipinski definition) is 1. The zero-order valence-corrected chi connectivity index (χ0v) is 9.63. The molecule has 0 bridgehead atoms. The summed E-state index contributed by atoms with van der Waals surface area (Å²) in [5.41, 5.74) is 3.12. The smallest absolute Gasteiger partial charge is 0.303 e. The Morgan fingerprint density at radius 3 is 2.71 bits per heavy atom. The van der Waals surface area contributed by atoms with Gasteiger partial charge in [0.15, 0.2) is 0 Å². The normalized spacial score (nSPS) is 10.4. The molecular formula is C13H14N2O2. The quantitative estimate of drug-likeness (QED) is 0.876. The maximum absolute atomic E-state index is 10.5. The summed E-state index contributed by atoms with van der Waals surface area (Å²) in [5.74, 6) is -0.784. The van der Waals surface area contributed by atoms with E-state index in [0.717, 1.165) is 11.3 Å². The van der Waals surface area contributed by atoms with Gasteiger partial charge in [0.05, 0.1) is 11.9 Å². The van der Waals surface area contributed by atoms with Crippen molar-refractivity contribution in [1.29, 1.82) is 0 Å². The summed E-state index contributed by atoms with van der Waals surface area (Å²) < 4.78 is 1.76. The Kier molecular flexibility index (Phi) is 3.23. The van der Waals surface area contributed by atoms with Crippen LogP contribution >= 0.6 is 0 Å². The van der Waals surface area contributed by atoms with Gasteiger partial charge < -0.3 is 5.11 Å². The predicted octanol–water partition coefficient (Wildman–Crippen LogP) is 2.20. The maximum Gasteiger partial charge on any atom is 0.303 e. The fraction of sp³-hybridized carbons (Fsp3) is 0.231. The first kappa shape index (κ1) is 11.4. The second-order valence-electron chi connectivity index (χ2n) is 4.02. The lowest BCUT2D eigenvalue weighted by Gasteiger charge is -2.00. The summed E-state index contributed by atoms with van der Waals surface area (Å²) in [5, 5.41) is 12.8. The van der Waals surface area contributed by atoms with E-state index in [-0.39, 0.29) is 6.42 Å². The molecular weight excluding hydrogens is 216 g/mol. The van der Waals surface area contributed by atoms with Crippen LogP contribution in [-0.2, 0) is 11.2 Å². The lowest BCUT2D eigenvalue weighted by atomic mass is 10.2. The summed E-state index contributed by atoms with van der Waals surface area (Å²) in [6, 6.07) is 8.02. The first-order chi connectivity index (χ1) is 8.15. The molecule has 0 saturated carbocycles. The average molecular weight is 230 g/mol. The standard InChI is InChI=1S/C13H14N2O2/c1-10-2-5-12(6-3-10)15-9-11(8-14-15)4-7-13(16)17/h2-3,5-6,8-9H,4,7H2,1H3,(H,16,17). The first-order valence-corrected chi connectivity index (χ1v) is 5.47. The van der Waals surface area contributed by atoms with Crippen LogP contribution in [0.3, 0.4) is 0 Å². The van der Waals surface area contributed by atoms with Crippen LogP contribution in [0.5, 0.6) is 0 Å². The molecule has 4 nitrogen and oxygen atoms in total. The molecule has 0 amide bonds. The van der Waals surface area contributed by atoms with Crippen LogP contribution in [0.1, 0.15) is 17.5 Å². The number of aryl methyl sites for hydroxylation is 2. The highest BCUT2D eigenvalue weighted by molar-refractivity contribution is 5.67. The number of aliphatic carboxylic acids is 1. The van der Waals surface area contributed by atoms with Crippen molar-refractivity contribution in [3.05, 3.63) is 47.8 Å². The van der Waals surface area contributed by atoms with Crippen molar-refractivity contribution in [2.75, 3.05) is 0 Å². The Morgan fingerprint density at radius 2 is 2.06 bits per heavy atom. The second-order valence-corrected chi connectivity index (χ2v) is 4.02. The highest BCUT2D eigenvalue weighted by Crippen LogP contribution is 2.10. The third-order valence-electron chi connectivity index (χ3n) is 2.56. The highest BCUT2D eigenvalue weighted by atomic mass is 16.4. The second kappa shape index (κ2) is 4.82. The van der Waals surface area contributed by atoms with Crippen molar-refractivity contribution >= 4 is 5.97 Å². The molecule has 1 N–H and O–H groups in total. The number of carboxylic acid groups (broad SMARTS) is 1. The molecule has 17 heavy (non-hydrogen) atoms. The van der Waals surface area contributed by atoms with Crippen LogP contribution < -0.4 is 0 Å². The third-order valence-corrected chi connectivity index (χ3v) is 2.56. The van der Waals surface area contributed by atoms with Gasteiger partial charge in [-0.2, -0.15) is 5.10 Å². The fourth-order valence-electron chi connectivity index (χ4n) is 1.58. The molecule has 0 fully saturated rings. The van der Waals surface area contributed by atoms with Crippen LogP contribution in [0.4, 0.5) is 0 Å². The Balaban J connectivity index is 2.12. The first-order valence-electron chi connectivity index (χ1n) is 5.47. The molecule has 1 heterocycles.